The normalized spacial score (nSPS) is 13.8. The Bertz CT molecular complexity index is 7820. The van der Waals surface area contributed by atoms with E-state index in [2.05, 4.69) is 351 Å². The lowest BCUT2D eigenvalue weighted by molar-refractivity contribution is 0.660. The van der Waals surface area contributed by atoms with Gasteiger partial charge in [-0.2, -0.15) is 0 Å². The maximum atomic E-state index is 8.79. The van der Waals surface area contributed by atoms with E-state index in [-0.39, 0.29) is 76.3 Å². The molecule has 0 saturated heterocycles. The second-order valence-electron chi connectivity index (χ2n) is 31.9. The van der Waals surface area contributed by atoms with Gasteiger partial charge in [0.25, 0.3) is 0 Å². The van der Waals surface area contributed by atoms with Crippen LogP contribution in [0.4, 0.5) is 34.1 Å². The van der Waals surface area contributed by atoms with E-state index < -0.39 is 6.04 Å². The number of hydrogen-bond donors (Lipinski definition) is 0. The molecule has 3 heteroatoms. The summed E-state index contributed by atoms with van der Waals surface area (Å²) >= 11 is 3.65. The van der Waals surface area contributed by atoms with Gasteiger partial charge in [0.1, 0.15) is 0 Å². The fourth-order valence-electron chi connectivity index (χ4n) is 18.7. The van der Waals surface area contributed by atoms with E-state index in [0.29, 0.717) is 11.1 Å². The number of para-hydroxylation sites is 4. The predicted octanol–water partition coefficient (Wildman–Crippen LogP) is 33.8. The summed E-state index contributed by atoms with van der Waals surface area (Å²) < 4.78 is 85.1. The Kier molecular flexibility index (Phi) is 16.9. The van der Waals surface area contributed by atoms with Crippen molar-refractivity contribution < 1.29 is 13.7 Å². The Labute approximate surface area is 731 Å². The minimum Gasteiger partial charge on any atom is -0.310 e. The van der Waals surface area contributed by atoms with Crippen LogP contribution in [-0.2, 0) is 10.8 Å². The van der Waals surface area contributed by atoms with E-state index in [9.17, 15) is 0 Å². The van der Waals surface area contributed by atoms with Crippen molar-refractivity contribution in [3.63, 3.8) is 0 Å². The van der Waals surface area contributed by atoms with E-state index in [1.165, 1.54) is 50.2 Å². The van der Waals surface area contributed by atoms with Crippen molar-refractivity contribution in [2.45, 2.75) is 38.5 Å². The molecule has 2 nitrogen and oxygen atoms in total. The average Bonchev–Trinajstić information content (AvgIpc) is 1.61. The van der Waals surface area contributed by atoms with Gasteiger partial charge in [0, 0.05) is 49.4 Å². The van der Waals surface area contributed by atoms with Gasteiger partial charge in [-0.05, 0) is 255 Å². The zero-order valence-corrected chi connectivity index (χ0v) is 68.9. The standard InChI is InChI=1S/C59H43N.C32H22.C27H22BrN/c1-59(2)56-38-40(31-34-51(56)52-35-32-44(39-57(52)59)60(42-20-8-4-9-21-42)43-22-10-5-11-23-43)30-33-50-48-26-14-16-28-53(48)58(54-29-17-15-27-49(50)54)55-37-36-45(41-18-6-3-7-19-41)46-24-12-13-25-47(46)55;1-2-23-25-14-8-10-18-29(25)32(30-19-11-9-15-26(23)30)31-21-20-24(22-12-4-3-5-13-22)27-16-6-7-17-28(27)31;1-27(2)25-17-19(28)13-15-23(25)24-16-14-22(18-26(24)27)29(20-9-5-3-6-10-20)21-11-7-4-8-12-21/h3-39H,1-2H3;2-21H,1H2;3-18H,1-2H3/b33-30+;;/i3D,6D,7D,18D,19D;3D,4D,5D,12D,13D;. The van der Waals surface area contributed by atoms with E-state index in [1.54, 1.807) is 0 Å². The molecule has 576 valence electrons. The van der Waals surface area contributed by atoms with E-state index in [0.717, 1.165) is 136 Å². The van der Waals surface area contributed by atoms with Crippen LogP contribution < -0.4 is 9.80 Å². The molecule has 20 aromatic rings. The molecule has 0 bridgehead atoms. The second kappa shape index (κ2) is 31.8. The summed E-state index contributed by atoms with van der Waals surface area (Å²) in [4.78, 5) is 4.66. The zero-order valence-electron chi connectivity index (χ0n) is 77.4. The third kappa shape index (κ3) is 13.6. The highest BCUT2D eigenvalue weighted by Gasteiger charge is 2.38. The van der Waals surface area contributed by atoms with Crippen molar-refractivity contribution in [1.29, 1.82) is 0 Å². The molecule has 0 aromatic heterocycles. The minimum absolute atomic E-state index is 0.0382. The number of rotatable bonds is 13. The molecule has 20 aromatic carbocycles. The third-order valence-electron chi connectivity index (χ3n) is 24.4. The van der Waals surface area contributed by atoms with Crippen LogP contribution in [0.2, 0.25) is 0 Å². The third-order valence-corrected chi connectivity index (χ3v) is 24.9. The molecule has 22 rings (SSSR count). The highest BCUT2D eigenvalue weighted by molar-refractivity contribution is 9.10. The number of hydrogen-bond acceptors (Lipinski definition) is 2. The van der Waals surface area contributed by atoms with Crippen LogP contribution in [0.25, 0.3) is 150 Å². The fourth-order valence-corrected chi connectivity index (χ4v) is 19.1. The van der Waals surface area contributed by atoms with Crippen LogP contribution in [0, 0.1) is 0 Å². The zero-order chi connectivity index (χ0) is 90.4. The maximum absolute atomic E-state index is 8.79. The van der Waals surface area contributed by atoms with Crippen LogP contribution in [0.3, 0.4) is 0 Å². The largest absolute Gasteiger partial charge is 0.310 e. The first kappa shape index (κ1) is 64.6. The average molecular weight is 1620 g/mol. The number of halogens is 1. The molecule has 0 saturated carbocycles. The van der Waals surface area contributed by atoms with Crippen LogP contribution in [0.1, 0.15) is 80.3 Å². The van der Waals surface area contributed by atoms with Gasteiger partial charge < -0.3 is 9.80 Å². The topological polar surface area (TPSA) is 6.48 Å². The quantitative estimate of drug-likeness (QED) is 0.0838. The lowest BCUT2D eigenvalue weighted by Crippen LogP contribution is -2.16. The first-order valence-corrected chi connectivity index (χ1v) is 41.8. The SMILES string of the molecule is CC1(C)c2cc(Br)ccc2-c2ccc(N(c3ccccc3)c3ccccc3)cc21.[2H]c1c([2H])c([2H])c(-c2ccc(-c3c4ccccc4c(/C=C/c4ccc5c(c4)C(C)(C)c4cc(N(c6ccccc6)c6ccccc6)ccc4-5)c4ccccc34)c3ccccc23)c([2H])c1[2H].[2H]c1c([2H])c([2H])c(-c2ccc(-c3c4ccccc4c(C=C)c4ccccc34)c3ccccc23)c([2H])c1[2H]. The van der Waals surface area contributed by atoms with Gasteiger partial charge in [-0.15, -0.1) is 0 Å². The molecule has 0 amide bonds. The molecule has 0 radical (unpaired) electrons. The second-order valence-corrected chi connectivity index (χ2v) is 32.8. The Balaban J connectivity index is 0.000000136. The van der Waals surface area contributed by atoms with Crippen LogP contribution >= 0.6 is 15.9 Å². The van der Waals surface area contributed by atoms with Crippen molar-refractivity contribution in [3.05, 3.63) is 474 Å². The van der Waals surface area contributed by atoms with Crippen LogP contribution in [0.15, 0.2) is 435 Å². The van der Waals surface area contributed by atoms with Gasteiger partial charge >= 0.3 is 0 Å². The van der Waals surface area contributed by atoms with Crippen molar-refractivity contribution in [2.24, 2.45) is 0 Å². The van der Waals surface area contributed by atoms with Crippen LogP contribution in [-0.4, -0.2) is 0 Å². The summed E-state index contributed by atoms with van der Waals surface area (Å²) in [5.74, 6) is 0. The van der Waals surface area contributed by atoms with Gasteiger partial charge in [0.15, 0.2) is 0 Å². The molecule has 2 aliphatic rings. The first-order chi connectivity index (χ1) is 63.6. The molecule has 0 heterocycles. The number of benzene rings is 20. The molecule has 2 aliphatic carbocycles. The van der Waals surface area contributed by atoms with Crippen LogP contribution in [0.5, 0.6) is 0 Å². The molecule has 0 atom stereocenters. The van der Waals surface area contributed by atoms with E-state index >= 15 is 0 Å². The number of nitrogens with zero attached hydrogens (tertiary/aromatic N) is 2. The predicted molar refractivity (Wildman–Crippen MR) is 524 cm³/mol. The summed E-state index contributed by atoms with van der Waals surface area (Å²) in [6.07, 6.45) is 6.42. The summed E-state index contributed by atoms with van der Waals surface area (Å²) in [6.45, 7) is 13.4. The Morgan fingerprint density at radius 1 is 0.256 bits per heavy atom. The summed E-state index contributed by atoms with van der Waals surface area (Å²) in [5.41, 5.74) is 26.4. The molecule has 0 unspecified atom stereocenters. The summed E-state index contributed by atoms with van der Waals surface area (Å²) in [6, 6.07) is 124. The van der Waals surface area contributed by atoms with Crippen molar-refractivity contribution in [3.8, 4) is 66.8 Å². The molecule has 0 N–H and O–H groups in total. The van der Waals surface area contributed by atoms with Gasteiger partial charge in [0.2, 0.25) is 0 Å². The molecule has 0 fully saturated rings. The highest BCUT2D eigenvalue weighted by Crippen LogP contribution is 2.55. The summed E-state index contributed by atoms with van der Waals surface area (Å²) in [7, 11) is 0. The van der Waals surface area contributed by atoms with Gasteiger partial charge in [-0.3, -0.25) is 0 Å². The molecule has 0 aliphatic heterocycles. The minimum atomic E-state index is -0.397. The van der Waals surface area contributed by atoms with Crippen molar-refractivity contribution in [2.75, 3.05) is 9.80 Å². The van der Waals surface area contributed by atoms with Gasteiger partial charge in [-0.25, -0.2) is 0 Å². The molecular formula is C118H87BrN2. The number of anilines is 6. The molecule has 121 heavy (non-hydrogen) atoms. The molecular weight excluding hydrogens is 1530 g/mol. The van der Waals surface area contributed by atoms with E-state index in [1.807, 2.05) is 91.0 Å². The lowest BCUT2D eigenvalue weighted by atomic mass is 9.81. The smallest absolute Gasteiger partial charge is 0.0629 e. The Morgan fingerprint density at radius 2 is 0.537 bits per heavy atom. The summed E-state index contributed by atoms with van der Waals surface area (Å²) in [5, 5.41) is 12.5. The highest BCUT2D eigenvalue weighted by atomic mass is 79.9. The lowest BCUT2D eigenvalue weighted by Gasteiger charge is -2.28. The van der Waals surface area contributed by atoms with Crippen molar-refractivity contribution >= 4 is 133 Å². The Hall–Kier alpha value is -14.5. The van der Waals surface area contributed by atoms with Gasteiger partial charge in [-0.1, -0.05) is 408 Å². The van der Waals surface area contributed by atoms with Crippen molar-refractivity contribution in [1.82, 2.24) is 0 Å². The first-order valence-electron chi connectivity index (χ1n) is 46.0. The maximum Gasteiger partial charge on any atom is 0.0629 e. The Morgan fingerprint density at radius 3 is 0.901 bits per heavy atom. The van der Waals surface area contributed by atoms with E-state index in [4.69, 9.17) is 13.7 Å². The van der Waals surface area contributed by atoms with Gasteiger partial charge in [0.05, 0.1) is 13.7 Å². The number of fused-ring (bicyclic) bond motifs is 12. The fraction of sp³-hybridized carbons (Fsp3) is 0.0508. The molecule has 0 spiro atoms. The monoisotopic (exact) mass is 1620 g/mol.